The topological polar surface area (TPSA) is 98.1 Å². The zero-order valence-electron chi connectivity index (χ0n) is 20.1. The summed E-state index contributed by atoms with van der Waals surface area (Å²) in [6.45, 7) is 3.13. The number of hydrogen-bond acceptors (Lipinski definition) is 6. The molecule has 2 amide bonds. The Kier molecular flexibility index (Phi) is 6.14. The van der Waals surface area contributed by atoms with Gasteiger partial charge in [0.25, 0.3) is 11.8 Å². The van der Waals surface area contributed by atoms with Gasteiger partial charge in [-0.15, -0.1) is 0 Å². The van der Waals surface area contributed by atoms with Gasteiger partial charge in [-0.3, -0.25) is 14.4 Å². The molecule has 192 valence electrons. The summed E-state index contributed by atoms with van der Waals surface area (Å²) in [4.78, 5) is 40.7. The summed E-state index contributed by atoms with van der Waals surface area (Å²) < 4.78 is 60.2. The predicted octanol–water partition coefficient (Wildman–Crippen LogP) is 4.01. The van der Waals surface area contributed by atoms with E-state index >= 15 is 0 Å². The molecule has 0 radical (unpaired) electrons. The molecule has 36 heavy (non-hydrogen) atoms. The van der Waals surface area contributed by atoms with Gasteiger partial charge in [0.1, 0.15) is 0 Å². The second kappa shape index (κ2) is 8.72. The van der Waals surface area contributed by atoms with Crippen LogP contribution in [0.3, 0.4) is 0 Å². The molecule has 1 aliphatic carbocycles. The van der Waals surface area contributed by atoms with Crippen molar-refractivity contribution in [3.05, 3.63) is 59.2 Å². The number of nitrogens with zero attached hydrogens (tertiary/aromatic N) is 1. The number of amides is 2. The highest BCUT2D eigenvalue weighted by Gasteiger charge is 2.71. The molecule has 0 spiro atoms. The minimum Gasteiger partial charge on any atom is -0.493 e. The molecule has 2 aromatic rings. The molecule has 8 nitrogen and oxygen atoms in total. The predicted molar refractivity (Wildman–Crippen MR) is 120 cm³/mol. The van der Waals surface area contributed by atoms with Crippen LogP contribution in [0.4, 0.5) is 13.2 Å². The quantitative estimate of drug-likeness (QED) is 0.636. The van der Waals surface area contributed by atoms with E-state index in [0.29, 0.717) is 11.3 Å². The number of methoxy groups -OCH3 is 2. The number of nitrogens with one attached hydrogen (secondary N) is 1. The van der Waals surface area contributed by atoms with Gasteiger partial charge in [0.05, 0.1) is 32.6 Å². The van der Waals surface area contributed by atoms with E-state index in [0.717, 1.165) is 11.2 Å². The van der Waals surface area contributed by atoms with Crippen LogP contribution in [0.1, 0.15) is 42.8 Å². The summed E-state index contributed by atoms with van der Waals surface area (Å²) in [5, 5.41) is 1.82. The van der Waals surface area contributed by atoms with Crippen molar-refractivity contribution in [1.82, 2.24) is 10.2 Å². The monoisotopic (exact) mass is 506 g/mol. The molecule has 0 bridgehead atoms. The molecule has 2 heterocycles. The first-order chi connectivity index (χ1) is 16.9. The number of benzene rings is 1. The Labute approximate surface area is 205 Å². The molecule has 11 heteroatoms. The van der Waals surface area contributed by atoms with Crippen LogP contribution < -0.4 is 14.8 Å². The van der Waals surface area contributed by atoms with Crippen LogP contribution in [-0.2, 0) is 16.1 Å². The third-order valence-corrected chi connectivity index (χ3v) is 6.40. The molecule has 1 atom stereocenters. The van der Waals surface area contributed by atoms with E-state index in [4.69, 9.17) is 13.9 Å². The maximum Gasteiger partial charge on any atom is 0.425 e. The summed E-state index contributed by atoms with van der Waals surface area (Å²) >= 11 is 0. The fourth-order valence-electron chi connectivity index (χ4n) is 4.88. The molecule has 0 saturated carbocycles. The Balaban J connectivity index is 1.90. The minimum absolute atomic E-state index is 0.0144. The summed E-state index contributed by atoms with van der Waals surface area (Å²) in [7, 11) is 2.78. The molecule has 0 unspecified atom stereocenters. The van der Waals surface area contributed by atoms with Gasteiger partial charge in [-0.2, -0.15) is 13.2 Å². The minimum atomic E-state index is -5.32. The van der Waals surface area contributed by atoms with Crippen molar-refractivity contribution < 1.29 is 41.4 Å². The molecule has 0 fully saturated rings. The Morgan fingerprint density at radius 3 is 2.42 bits per heavy atom. The fraction of sp³-hybridized carbons (Fsp3) is 0.400. The molecule has 0 saturated heterocycles. The third kappa shape index (κ3) is 3.92. The number of ether oxygens (including phenoxy) is 2. The molecule has 4 rings (SSSR count). The smallest absolute Gasteiger partial charge is 0.425 e. The maximum atomic E-state index is 14.9. The van der Waals surface area contributed by atoms with E-state index in [1.807, 2.05) is 5.32 Å². The molecule has 1 aliphatic heterocycles. The van der Waals surface area contributed by atoms with Gasteiger partial charge in [-0.25, -0.2) is 0 Å². The van der Waals surface area contributed by atoms with Crippen molar-refractivity contribution in [2.45, 2.75) is 44.9 Å². The third-order valence-electron chi connectivity index (χ3n) is 6.40. The molecular weight excluding hydrogens is 481 g/mol. The average Bonchev–Trinajstić information content (AvgIpc) is 3.40. The Hall–Kier alpha value is -3.76. The Morgan fingerprint density at radius 1 is 1.11 bits per heavy atom. The number of hydrogen-bond donors (Lipinski definition) is 1. The largest absolute Gasteiger partial charge is 0.493 e. The van der Waals surface area contributed by atoms with Crippen LogP contribution in [0, 0.1) is 5.41 Å². The summed E-state index contributed by atoms with van der Waals surface area (Å²) in [6, 6.07) is 7.29. The second-order valence-corrected chi connectivity index (χ2v) is 9.49. The van der Waals surface area contributed by atoms with E-state index in [9.17, 15) is 27.6 Å². The highest BCUT2D eigenvalue weighted by molar-refractivity contribution is 6.14. The van der Waals surface area contributed by atoms with Crippen LogP contribution in [0.5, 0.6) is 11.5 Å². The highest BCUT2D eigenvalue weighted by Crippen LogP contribution is 2.52. The average molecular weight is 506 g/mol. The van der Waals surface area contributed by atoms with E-state index in [2.05, 4.69) is 0 Å². The number of para-hydroxylation sites is 1. The van der Waals surface area contributed by atoms with Crippen LogP contribution in [0.25, 0.3) is 0 Å². The summed E-state index contributed by atoms with van der Waals surface area (Å²) in [6.07, 6.45) is -4.41. The number of ketones is 1. The van der Waals surface area contributed by atoms with Gasteiger partial charge in [-0.1, -0.05) is 26.0 Å². The number of rotatable bonds is 6. The molecular formula is C25H25F3N2O6. The highest BCUT2D eigenvalue weighted by atomic mass is 19.4. The van der Waals surface area contributed by atoms with Crippen molar-refractivity contribution in [2.75, 3.05) is 14.2 Å². The Bertz CT molecular complexity index is 1250. The van der Waals surface area contributed by atoms with Crippen LogP contribution in [0.2, 0.25) is 0 Å². The zero-order chi connectivity index (χ0) is 26.5. The number of alkyl halides is 3. The number of Topliss-reactive ketones (excluding diaryl/α,β-unsaturated/α-hetero) is 1. The molecule has 1 aromatic heterocycles. The van der Waals surface area contributed by atoms with E-state index in [1.54, 1.807) is 32.0 Å². The Morgan fingerprint density at radius 2 is 1.83 bits per heavy atom. The lowest BCUT2D eigenvalue weighted by atomic mass is 9.72. The van der Waals surface area contributed by atoms with Gasteiger partial charge < -0.3 is 24.1 Å². The van der Waals surface area contributed by atoms with Gasteiger partial charge in [0.2, 0.25) is 5.54 Å². The fourth-order valence-corrected chi connectivity index (χ4v) is 4.88. The number of carbonyl (C=O) groups excluding carboxylic acids is 3. The SMILES string of the molecule is COc1cccc(CN2C(=O)[C@@](NC(=O)c3ccco3)(C(F)(F)F)C3=C2CC(C)(C)CC3=O)c1OC. The second-order valence-electron chi connectivity index (χ2n) is 9.49. The van der Waals surface area contributed by atoms with Crippen LogP contribution >= 0.6 is 0 Å². The van der Waals surface area contributed by atoms with E-state index in [1.165, 1.54) is 26.4 Å². The molecule has 1 N–H and O–H groups in total. The molecule has 2 aliphatic rings. The lowest BCUT2D eigenvalue weighted by Crippen LogP contribution is -2.66. The number of halogens is 3. The first-order valence-electron chi connectivity index (χ1n) is 11.1. The van der Waals surface area contributed by atoms with E-state index < -0.39 is 46.1 Å². The number of furan rings is 1. The van der Waals surface area contributed by atoms with E-state index in [-0.39, 0.29) is 30.8 Å². The number of carbonyl (C=O) groups is 3. The van der Waals surface area contributed by atoms with Crippen molar-refractivity contribution in [1.29, 1.82) is 0 Å². The normalized spacial score (nSPS) is 21.5. The van der Waals surface area contributed by atoms with Crippen LogP contribution in [-0.4, -0.2) is 48.4 Å². The van der Waals surface area contributed by atoms with Crippen molar-refractivity contribution in [2.24, 2.45) is 5.41 Å². The molecule has 1 aromatic carbocycles. The summed E-state index contributed by atoms with van der Waals surface area (Å²) in [5.41, 5.74) is -4.75. The standard InChI is InChI=1S/C25H25F3N2O6/c1-23(2)11-15-19(16(31)12-23)24(25(26,27)28,29-21(32)18-9-6-10-36-18)22(33)30(15)13-14-7-5-8-17(34-3)20(14)35-4/h5-10H,11-13H2,1-4H3,(H,29,32)/t24-/m1/s1. The lowest BCUT2D eigenvalue weighted by Gasteiger charge is -2.35. The van der Waals surface area contributed by atoms with Gasteiger partial charge >= 0.3 is 6.18 Å². The van der Waals surface area contributed by atoms with Crippen molar-refractivity contribution in [3.8, 4) is 11.5 Å². The van der Waals surface area contributed by atoms with Crippen LogP contribution in [0.15, 0.2) is 52.3 Å². The van der Waals surface area contributed by atoms with Gasteiger partial charge in [0.15, 0.2) is 23.0 Å². The number of allylic oxidation sites excluding steroid dienone is 1. The van der Waals surface area contributed by atoms with Gasteiger partial charge in [0, 0.05) is 17.7 Å². The lowest BCUT2D eigenvalue weighted by molar-refractivity contribution is -0.191. The first kappa shape index (κ1) is 25.3. The summed E-state index contributed by atoms with van der Waals surface area (Å²) in [5.74, 6) is -3.46. The maximum absolute atomic E-state index is 14.9. The van der Waals surface area contributed by atoms with Crippen molar-refractivity contribution in [3.63, 3.8) is 0 Å². The zero-order valence-corrected chi connectivity index (χ0v) is 20.1. The van der Waals surface area contributed by atoms with Gasteiger partial charge in [-0.05, 0) is 30.0 Å². The van der Waals surface area contributed by atoms with Crippen molar-refractivity contribution >= 4 is 17.6 Å². The first-order valence-corrected chi connectivity index (χ1v) is 11.1.